The summed E-state index contributed by atoms with van der Waals surface area (Å²) in [4.78, 5) is 2.18. The molecule has 3 nitrogen and oxygen atoms in total. The van der Waals surface area contributed by atoms with E-state index in [0.29, 0.717) is 12.6 Å². The average Bonchev–Trinajstić information content (AvgIpc) is 2.56. The lowest BCUT2D eigenvalue weighted by Gasteiger charge is -2.22. The summed E-state index contributed by atoms with van der Waals surface area (Å²) in [7, 11) is 0. The predicted molar refractivity (Wildman–Crippen MR) is 54.3 cm³/mol. The van der Waals surface area contributed by atoms with Crippen molar-refractivity contribution < 1.29 is 0 Å². The quantitative estimate of drug-likeness (QED) is 0.680. The van der Waals surface area contributed by atoms with E-state index in [1.807, 2.05) is 5.38 Å². The van der Waals surface area contributed by atoms with Crippen LogP contribution in [0.25, 0.3) is 0 Å². The van der Waals surface area contributed by atoms with E-state index in [4.69, 9.17) is 6.42 Å². The van der Waals surface area contributed by atoms with Gasteiger partial charge in [-0.2, -0.15) is 0 Å². The predicted octanol–water partition coefficient (Wildman–Crippen LogP) is 1.38. The second-order valence-electron chi connectivity index (χ2n) is 3.10. The number of rotatable bonds is 4. The number of hydrogen-bond donors (Lipinski definition) is 0. The molecule has 0 amide bonds. The van der Waals surface area contributed by atoms with E-state index in [2.05, 4.69) is 34.3 Å². The van der Waals surface area contributed by atoms with E-state index in [9.17, 15) is 0 Å². The fourth-order valence-corrected chi connectivity index (χ4v) is 1.44. The molecule has 4 heteroatoms. The van der Waals surface area contributed by atoms with Gasteiger partial charge in [0, 0.05) is 18.0 Å². The molecule has 0 N–H and O–H groups in total. The Labute approximate surface area is 82.9 Å². The van der Waals surface area contributed by atoms with Gasteiger partial charge < -0.3 is 0 Å². The minimum atomic E-state index is 0.442. The van der Waals surface area contributed by atoms with Crippen LogP contribution in [0.1, 0.15) is 19.5 Å². The molecule has 0 saturated carbocycles. The van der Waals surface area contributed by atoms with Crippen molar-refractivity contribution in [2.45, 2.75) is 26.4 Å². The second-order valence-corrected chi connectivity index (χ2v) is 3.71. The Bertz CT molecular complexity index is 274. The van der Waals surface area contributed by atoms with Gasteiger partial charge in [0.15, 0.2) is 0 Å². The van der Waals surface area contributed by atoms with E-state index in [0.717, 1.165) is 12.2 Å². The Morgan fingerprint density at radius 3 is 2.92 bits per heavy atom. The van der Waals surface area contributed by atoms with Gasteiger partial charge in [-0.25, -0.2) is 0 Å². The lowest BCUT2D eigenvalue weighted by Crippen LogP contribution is -2.30. The van der Waals surface area contributed by atoms with Gasteiger partial charge in [-0.3, -0.25) is 4.90 Å². The van der Waals surface area contributed by atoms with Crippen LogP contribution in [0.15, 0.2) is 5.38 Å². The zero-order valence-corrected chi connectivity index (χ0v) is 8.71. The normalized spacial score (nSPS) is 10.7. The molecule has 0 aliphatic heterocycles. The van der Waals surface area contributed by atoms with E-state index in [1.54, 1.807) is 0 Å². The molecule has 0 unspecified atom stereocenters. The molecule has 0 aromatic carbocycles. The minimum absolute atomic E-state index is 0.442. The van der Waals surface area contributed by atoms with Crippen molar-refractivity contribution in [2.75, 3.05) is 6.54 Å². The standard InChI is InChI=1S/C9H13N3S/c1-4-5-12(8(2)3)6-9-7-13-11-10-9/h1,7-8H,5-6H2,2-3H3. The summed E-state index contributed by atoms with van der Waals surface area (Å²) >= 11 is 1.37. The van der Waals surface area contributed by atoms with Gasteiger partial charge in [-0.15, -0.1) is 11.5 Å². The van der Waals surface area contributed by atoms with Crippen LogP contribution in [-0.4, -0.2) is 27.1 Å². The lowest BCUT2D eigenvalue weighted by molar-refractivity contribution is 0.238. The molecular weight excluding hydrogens is 182 g/mol. The minimum Gasteiger partial charge on any atom is -0.284 e. The van der Waals surface area contributed by atoms with Crippen molar-refractivity contribution in [3.63, 3.8) is 0 Å². The maximum Gasteiger partial charge on any atom is 0.0895 e. The van der Waals surface area contributed by atoms with Crippen LogP contribution in [0.4, 0.5) is 0 Å². The van der Waals surface area contributed by atoms with Crippen LogP contribution < -0.4 is 0 Å². The summed E-state index contributed by atoms with van der Waals surface area (Å²) in [5.74, 6) is 2.64. The first-order valence-corrected chi connectivity index (χ1v) is 5.01. The molecule has 0 bridgehead atoms. The maximum atomic E-state index is 5.27. The highest BCUT2D eigenvalue weighted by Crippen LogP contribution is 2.05. The van der Waals surface area contributed by atoms with Crippen LogP contribution in [0.2, 0.25) is 0 Å². The summed E-state index contributed by atoms with van der Waals surface area (Å²) in [5, 5.41) is 5.93. The Kier molecular flexibility index (Phi) is 3.87. The molecule has 1 aromatic heterocycles. The Balaban J connectivity index is 2.53. The van der Waals surface area contributed by atoms with Gasteiger partial charge in [0.25, 0.3) is 0 Å². The summed E-state index contributed by atoms with van der Waals surface area (Å²) < 4.78 is 3.81. The zero-order valence-electron chi connectivity index (χ0n) is 7.90. The fraction of sp³-hybridized carbons (Fsp3) is 0.556. The molecule has 0 radical (unpaired) electrons. The van der Waals surface area contributed by atoms with Crippen molar-refractivity contribution in [2.24, 2.45) is 0 Å². The number of terminal acetylenes is 1. The van der Waals surface area contributed by atoms with Gasteiger partial charge in [-0.05, 0) is 25.4 Å². The molecule has 0 atom stereocenters. The van der Waals surface area contributed by atoms with E-state index >= 15 is 0 Å². The van der Waals surface area contributed by atoms with Crippen LogP contribution >= 0.6 is 11.5 Å². The highest BCUT2D eigenvalue weighted by Gasteiger charge is 2.09. The van der Waals surface area contributed by atoms with Gasteiger partial charge in [-0.1, -0.05) is 10.4 Å². The molecule has 1 aromatic rings. The molecule has 1 heterocycles. The van der Waals surface area contributed by atoms with Crippen molar-refractivity contribution in [3.8, 4) is 12.3 Å². The summed E-state index contributed by atoms with van der Waals surface area (Å²) in [5.41, 5.74) is 0.994. The summed E-state index contributed by atoms with van der Waals surface area (Å²) in [6, 6.07) is 0.442. The number of nitrogens with zero attached hydrogens (tertiary/aromatic N) is 3. The van der Waals surface area contributed by atoms with Crippen LogP contribution in [-0.2, 0) is 6.54 Å². The molecule has 0 saturated heterocycles. The lowest BCUT2D eigenvalue weighted by atomic mass is 10.3. The van der Waals surface area contributed by atoms with Crippen molar-refractivity contribution in [1.82, 2.24) is 14.5 Å². The van der Waals surface area contributed by atoms with Crippen LogP contribution in [0.3, 0.4) is 0 Å². The van der Waals surface area contributed by atoms with E-state index in [-0.39, 0.29) is 0 Å². The van der Waals surface area contributed by atoms with E-state index in [1.165, 1.54) is 11.5 Å². The smallest absolute Gasteiger partial charge is 0.0895 e. The topological polar surface area (TPSA) is 29.0 Å². The first-order valence-electron chi connectivity index (χ1n) is 4.17. The maximum absolute atomic E-state index is 5.27. The Morgan fingerprint density at radius 2 is 2.46 bits per heavy atom. The molecule has 0 spiro atoms. The van der Waals surface area contributed by atoms with Gasteiger partial charge in [0.05, 0.1) is 12.2 Å². The molecule has 1 rings (SSSR count). The number of aromatic nitrogens is 2. The van der Waals surface area contributed by atoms with Crippen molar-refractivity contribution >= 4 is 11.5 Å². The Morgan fingerprint density at radius 1 is 1.69 bits per heavy atom. The molecule has 0 aliphatic rings. The van der Waals surface area contributed by atoms with Gasteiger partial charge in [0.2, 0.25) is 0 Å². The third-order valence-electron chi connectivity index (χ3n) is 1.79. The zero-order chi connectivity index (χ0) is 9.68. The first kappa shape index (κ1) is 10.2. The summed E-state index contributed by atoms with van der Waals surface area (Å²) in [6.07, 6.45) is 5.27. The highest BCUT2D eigenvalue weighted by atomic mass is 32.1. The molecule has 13 heavy (non-hydrogen) atoms. The van der Waals surface area contributed by atoms with Gasteiger partial charge >= 0.3 is 0 Å². The molecule has 0 aliphatic carbocycles. The van der Waals surface area contributed by atoms with Crippen LogP contribution in [0, 0.1) is 12.3 Å². The van der Waals surface area contributed by atoms with Crippen molar-refractivity contribution in [3.05, 3.63) is 11.1 Å². The molecule has 0 fully saturated rings. The fourth-order valence-electron chi connectivity index (χ4n) is 0.999. The third-order valence-corrected chi connectivity index (χ3v) is 2.35. The molecular formula is C9H13N3S. The average molecular weight is 195 g/mol. The van der Waals surface area contributed by atoms with Crippen LogP contribution in [0.5, 0.6) is 0 Å². The summed E-state index contributed by atoms with van der Waals surface area (Å²) in [6.45, 7) is 5.70. The second kappa shape index (κ2) is 4.95. The van der Waals surface area contributed by atoms with Crippen molar-refractivity contribution in [1.29, 1.82) is 0 Å². The SMILES string of the molecule is C#CCN(Cc1csnn1)C(C)C. The number of hydrogen-bond acceptors (Lipinski definition) is 4. The third kappa shape index (κ3) is 3.13. The monoisotopic (exact) mass is 195 g/mol. The Hall–Kier alpha value is -0.920. The molecule has 70 valence electrons. The van der Waals surface area contributed by atoms with Gasteiger partial charge in [0.1, 0.15) is 0 Å². The highest BCUT2D eigenvalue weighted by molar-refractivity contribution is 7.03. The first-order chi connectivity index (χ1) is 6.24. The largest absolute Gasteiger partial charge is 0.284 e. The van der Waals surface area contributed by atoms with E-state index < -0.39 is 0 Å².